The van der Waals surface area contributed by atoms with Crippen molar-refractivity contribution in [2.75, 3.05) is 39.1 Å². The first-order valence-electron chi connectivity index (χ1n) is 7.43. The summed E-state index contributed by atoms with van der Waals surface area (Å²) in [6.45, 7) is 1.18. The molecule has 3 rings (SSSR count). The molecule has 0 radical (unpaired) electrons. The van der Waals surface area contributed by atoms with E-state index in [1.807, 2.05) is 25.1 Å². The third kappa shape index (κ3) is 2.47. The normalized spacial score (nSPS) is 24.0. The van der Waals surface area contributed by atoms with E-state index in [-0.39, 0.29) is 24.0 Å². The SMILES string of the molecule is CN(C)c1ccnc(C(=O)N2CC[C@H]3[C@@H](C2)NC(=O)N3C)c1. The number of anilines is 1. The van der Waals surface area contributed by atoms with Gasteiger partial charge < -0.3 is 20.0 Å². The fourth-order valence-electron chi connectivity index (χ4n) is 3.12. The van der Waals surface area contributed by atoms with Gasteiger partial charge in [-0.25, -0.2) is 4.79 Å². The van der Waals surface area contributed by atoms with E-state index in [0.717, 1.165) is 12.1 Å². The van der Waals surface area contributed by atoms with Gasteiger partial charge in [-0.05, 0) is 18.6 Å². The van der Waals surface area contributed by atoms with Crippen LogP contribution in [-0.2, 0) is 0 Å². The standard InChI is InChI=1S/C15H21N5O2/c1-18(2)10-4-6-16-11(8-10)14(21)20-7-5-13-12(9-20)17-15(22)19(13)3/h4,6,8,12-13H,5,7,9H2,1-3H3,(H,17,22)/t12-,13+/m1/s1. The van der Waals surface area contributed by atoms with E-state index >= 15 is 0 Å². The maximum atomic E-state index is 12.6. The van der Waals surface area contributed by atoms with Crippen molar-refractivity contribution in [1.82, 2.24) is 20.1 Å². The number of piperidine rings is 1. The Bertz CT molecular complexity index is 603. The lowest BCUT2D eigenvalue weighted by atomic mass is 10.00. The minimum Gasteiger partial charge on any atom is -0.378 e. The van der Waals surface area contributed by atoms with E-state index in [0.29, 0.717) is 18.8 Å². The molecule has 2 fully saturated rings. The molecule has 3 heterocycles. The highest BCUT2D eigenvalue weighted by atomic mass is 16.2. The Balaban J connectivity index is 1.74. The molecule has 0 aromatic carbocycles. The number of carbonyl (C=O) groups is 2. The molecule has 2 saturated heterocycles. The van der Waals surface area contributed by atoms with Gasteiger partial charge in [0.15, 0.2) is 0 Å². The second kappa shape index (κ2) is 5.47. The van der Waals surface area contributed by atoms with Crippen molar-refractivity contribution in [2.45, 2.75) is 18.5 Å². The first kappa shape index (κ1) is 14.6. The highest BCUT2D eigenvalue weighted by Gasteiger charge is 2.41. The quantitative estimate of drug-likeness (QED) is 0.858. The van der Waals surface area contributed by atoms with Crippen LogP contribution in [0.1, 0.15) is 16.9 Å². The van der Waals surface area contributed by atoms with E-state index in [4.69, 9.17) is 0 Å². The van der Waals surface area contributed by atoms with Gasteiger partial charge >= 0.3 is 6.03 Å². The Hall–Kier alpha value is -2.31. The number of likely N-dealkylation sites (tertiary alicyclic amines) is 1. The first-order chi connectivity index (χ1) is 10.5. The maximum absolute atomic E-state index is 12.6. The fourth-order valence-corrected chi connectivity index (χ4v) is 3.12. The molecule has 3 amide bonds. The van der Waals surface area contributed by atoms with Crippen molar-refractivity contribution in [3.05, 3.63) is 24.0 Å². The molecule has 1 aromatic rings. The third-order valence-electron chi connectivity index (χ3n) is 4.47. The molecule has 2 aliphatic rings. The molecule has 22 heavy (non-hydrogen) atoms. The van der Waals surface area contributed by atoms with Gasteiger partial charge in [0, 0.05) is 46.1 Å². The summed E-state index contributed by atoms with van der Waals surface area (Å²) in [5.41, 5.74) is 1.39. The van der Waals surface area contributed by atoms with Gasteiger partial charge in [0.2, 0.25) is 0 Å². The van der Waals surface area contributed by atoms with Gasteiger partial charge in [0.25, 0.3) is 5.91 Å². The summed E-state index contributed by atoms with van der Waals surface area (Å²) in [6.07, 6.45) is 2.44. The van der Waals surface area contributed by atoms with E-state index < -0.39 is 0 Å². The first-order valence-corrected chi connectivity index (χ1v) is 7.43. The summed E-state index contributed by atoms with van der Waals surface area (Å²) in [5.74, 6) is -0.0778. The van der Waals surface area contributed by atoms with E-state index in [9.17, 15) is 9.59 Å². The Morgan fingerprint density at radius 3 is 2.95 bits per heavy atom. The molecule has 118 valence electrons. The van der Waals surface area contributed by atoms with Crippen LogP contribution in [0.4, 0.5) is 10.5 Å². The fraction of sp³-hybridized carbons (Fsp3) is 0.533. The smallest absolute Gasteiger partial charge is 0.317 e. The molecular formula is C15H21N5O2. The zero-order valence-electron chi connectivity index (χ0n) is 13.1. The number of urea groups is 1. The number of aromatic nitrogens is 1. The Morgan fingerprint density at radius 1 is 1.45 bits per heavy atom. The number of rotatable bonds is 2. The van der Waals surface area contributed by atoms with Gasteiger partial charge in [-0.2, -0.15) is 0 Å². The van der Waals surface area contributed by atoms with Crippen molar-refractivity contribution >= 4 is 17.6 Å². The lowest BCUT2D eigenvalue weighted by molar-refractivity contribution is 0.0660. The van der Waals surface area contributed by atoms with Gasteiger partial charge in [0.05, 0.1) is 12.1 Å². The molecule has 0 aliphatic carbocycles. The molecule has 1 aromatic heterocycles. The van der Waals surface area contributed by atoms with Crippen LogP contribution in [0, 0.1) is 0 Å². The van der Waals surface area contributed by atoms with Crippen LogP contribution in [0.5, 0.6) is 0 Å². The molecule has 0 saturated carbocycles. The monoisotopic (exact) mass is 303 g/mol. The van der Waals surface area contributed by atoms with E-state index in [1.54, 1.807) is 29.1 Å². The largest absolute Gasteiger partial charge is 0.378 e. The summed E-state index contributed by atoms with van der Waals surface area (Å²) < 4.78 is 0. The van der Waals surface area contributed by atoms with Crippen LogP contribution < -0.4 is 10.2 Å². The number of fused-ring (bicyclic) bond motifs is 1. The second-order valence-electron chi connectivity index (χ2n) is 6.07. The predicted molar refractivity (Wildman–Crippen MR) is 83.0 cm³/mol. The minimum atomic E-state index is -0.0778. The molecule has 7 nitrogen and oxygen atoms in total. The summed E-state index contributed by atoms with van der Waals surface area (Å²) in [4.78, 5) is 34.0. The van der Waals surface area contributed by atoms with Crippen molar-refractivity contribution < 1.29 is 9.59 Å². The van der Waals surface area contributed by atoms with Crippen LogP contribution in [0.15, 0.2) is 18.3 Å². The zero-order valence-corrected chi connectivity index (χ0v) is 13.1. The highest BCUT2D eigenvalue weighted by molar-refractivity contribution is 5.93. The number of pyridine rings is 1. The van der Waals surface area contributed by atoms with Crippen LogP contribution in [0.25, 0.3) is 0 Å². The molecule has 0 bridgehead atoms. The Morgan fingerprint density at radius 2 is 2.23 bits per heavy atom. The molecular weight excluding hydrogens is 282 g/mol. The summed E-state index contributed by atoms with van der Waals surface area (Å²) >= 11 is 0. The van der Waals surface area contributed by atoms with Crippen molar-refractivity contribution in [2.24, 2.45) is 0 Å². The lowest BCUT2D eigenvalue weighted by Crippen LogP contribution is -2.52. The number of carbonyl (C=O) groups excluding carboxylic acids is 2. The molecule has 0 unspecified atom stereocenters. The highest BCUT2D eigenvalue weighted by Crippen LogP contribution is 2.23. The summed E-state index contributed by atoms with van der Waals surface area (Å²) in [6, 6.07) is 3.80. The van der Waals surface area contributed by atoms with E-state index in [1.165, 1.54) is 0 Å². The molecule has 0 spiro atoms. The predicted octanol–water partition coefficient (Wildman–Crippen LogP) is 0.386. The topological polar surface area (TPSA) is 68.8 Å². The van der Waals surface area contributed by atoms with Crippen LogP contribution in [-0.4, -0.2) is 73.0 Å². The number of hydrogen-bond donors (Lipinski definition) is 1. The summed E-state index contributed by atoms with van der Waals surface area (Å²) in [7, 11) is 5.66. The van der Waals surface area contributed by atoms with Crippen molar-refractivity contribution in [1.29, 1.82) is 0 Å². The number of amides is 3. The van der Waals surface area contributed by atoms with Gasteiger partial charge in [-0.1, -0.05) is 0 Å². The molecule has 2 aliphatic heterocycles. The van der Waals surface area contributed by atoms with Crippen LogP contribution in [0.3, 0.4) is 0 Å². The van der Waals surface area contributed by atoms with Gasteiger partial charge in [-0.15, -0.1) is 0 Å². The molecule has 2 atom stereocenters. The summed E-state index contributed by atoms with van der Waals surface area (Å²) in [5, 5.41) is 2.94. The van der Waals surface area contributed by atoms with Gasteiger partial charge in [0.1, 0.15) is 5.69 Å². The maximum Gasteiger partial charge on any atom is 0.317 e. The average Bonchev–Trinajstić information content (AvgIpc) is 2.81. The second-order valence-corrected chi connectivity index (χ2v) is 6.07. The van der Waals surface area contributed by atoms with Crippen LogP contribution in [0.2, 0.25) is 0 Å². The number of nitrogens with zero attached hydrogens (tertiary/aromatic N) is 4. The van der Waals surface area contributed by atoms with Crippen molar-refractivity contribution in [3.63, 3.8) is 0 Å². The zero-order chi connectivity index (χ0) is 15.9. The molecule has 1 N–H and O–H groups in total. The number of nitrogens with one attached hydrogen (secondary N) is 1. The van der Waals surface area contributed by atoms with Gasteiger partial charge in [-0.3, -0.25) is 9.78 Å². The minimum absolute atomic E-state index is 0.00670. The molecule has 7 heteroatoms. The Kier molecular flexibility index (Phi) is 3.64. The third-order valence-corrected chi connectivity index (χ3v) is 4.47. The van der Waals surface area contributed by atoms with Crippen LogP contribution >= 0.6 is 0 Å². The Labute approximate surface area is 129 Å². The lowest BCUT2D eigenvalue weighted by Gasteiger charge is -2.35. The number of hydrogen-bond acceptors (Lipinski definition) is 4. The van der Waals surface area contributed by atoms with E-state index in [2.05, 4.69) is 10.3 Å². The van der Waals surface area contributed by atoms with Crippen molar-refractivity contribution in [3.8, 4) is 0 Å². The average molecular weight is 303 g/mol. The number of likely N-dealkylation sites (N-methyl/N-ethyl adjacent to an activating group) is 1.